The standard InChI is InChI=1S/C12H14N2O3/c1-17-11-4-2-10(3-5-11)14-12(16)9(6-7-15)8-13-14/h2-5,8,13,15H,6-7H2,1H3. The molecule has 0 saturated carbocycles. The molecular formula is C12H14N2O3. The van der Waals surface area contributed by atoms with Crippen LogP contribution in [-0.4, -0.2) is 28.6 Å². The Hall–Kier alpha value is -2.01. The van der Waals surface area contributed by atoms with Crippen molar-refractivity contribution in [2.24, 2.45) is 0 Å². The Balaban J connectivity index is 2.36. The van der Waals surface area contributed by atoms with Crippen LogP contribution in [0, 0.1) is 0 Å². The zero-order valence-electron chi connectivity index (χ0n) is 9.51. The number of hydrogen-bond acceptors (Lipinski definition) is 3. The van der Waals surface area contributed by atoms with E-state index in [0.29, 0.717) is 12.0 Å². The number of aromatic amines is 1. The van der Waals surface area contributed by atoms with Crippen LogP contribution in [0.3, 0.4) is 0 Å². The zero-order valence-corrected chi connectivity index (χ0v) is 9.51. The summed E-state index contributed by atoms with van der Waals surface area (Å²) in [5.41, 5.74) is 1.17. The van der Waals surface area contributed by atoms with E-state index in [1.54, 1.807) is 37.6 Å². The molecule has 0 unspecified atom stereocenters. The van der Waals surface area contributed by atoms with Gasteiger partial charge in [0.1, 0.15) is 5.75 Å². The number of aromatic nitrogens is 2. The van der Waals surface area contributed by atoms with E-state index < -0.39 is 0 Å². The molecule has 0 aliphatic rings. The van der Waals surface area contributed by atoms with E-state index >= 15 is 0 Å². The van der Waals surface area contributed by atoms with E-state index in [0.717, 1.165) is 11.4 Å². The van der Waals surface area contributed by atoms with Gasteiger partial charge in [0.25, 0.3) is 5.56 Å². The van der Waals surface area contributed by atoms with Gasteiger partial charge in [0.05, 0.1) is 12.8 Å². The van der Waals surface area contributed by atoms with Crippen molar-refractivity contribution in [2.45, 2.75) is 6.42 Å². The lowest BCUT2D eigenvalue weighted by molar-refractivity contribution is 0.299. The number of ether oxygens (including phenoxy) is 1. The number of nitrogens with zero attached hydrogens (tertiary/aromatic N) is 1. The topological polar surface area (TPSA) is 67.2 Å². The molecule has 2 aromatic rings. The number of H-pyrrole nitrogens is 1. The molecule has 17 heavy (non-hydrogen) atoms. The molecule has 2 rings (SSSR count). The molecule has 0 radical (unpaired) electrons. The van der Waals surface area contributed by atoms with Crippen LogP contribution in [0.1, 0.15) is 5.56 Å². The van der Waals surface area contributed by atoms with Gasteiger partial charge in [-0.25, -0.2) is 4.68 Å². The van der Waals surface area contributed by atoms with Gasteiger partial charge in [-0.15, -0.1) is 0 Å². The van der Waals surface area contributed by atoms with Gasteiger partial charge in [-0.3, -0.25) is 9.89 Å². The number of benzene rings is 1. The predicted octanol–water partition coefficient (Wildman–Crippen LogP) is 0.709. The van der Waals surface area contributed by atoms with E-state index in [2.05, 4.69) is 5.10 Å². The van der Waals surface area contributed by atoms with Crippen LogP contribution in [0.5, 0.6) is 5.75 Å². The molecule has 0 aliphatic carbocycles. The maximum atomic E-state index is 11.9. The SMILES string of the molecule is COc1ccc(-n2[nH]cc(CCO)c2=O)cc1. The molecule has 5 nitrogen and oxygen atoms in total. The van der Waals surface area contributed by atoms with Gasteiger partial charge in [-0.05, 0) is 24.3 Å². The van der Waals surface area contributed by atoms with Crippen molar-refractivity contribution in [1.82, 2.24) is 9.78 Å². The van der Waals surface area contributed by atoms with Gasteiger partial charge < -0.3 is 9.84 Å². The third kappa shape index (κ3) is 2.24. The highest BCUT2D eigenvalue weighted by atomic mass is 16.5. The first kappa shape index (κ1) is 11.5. The fourth-order valence-electron chi connectivity index (χ4n) is 1.63. The molecule has 0 atom stereocenters. The first-order valence-electron chi connectivity index (χ1n) is 5.31. The molecule has 0 aliphatic heterocycles. The molecule has 0 spiro atoms. The van der Waals surface area contributed by atoms with Crippen LogP contribution in [0.2, 0.25) is 0 Å². The number of methoxy groups -OCH3 is 1. The lowest BCUT2D eigenvalue weighted by atomic mass is 10.2. The fourth-order valence-corrected chi connectivity index (χ4v) is 1.63. The van der Waals surface area contributed by atoms with Crippen molar-refractivity contribution in [1.29, 1.82) is 0 Å². The maximum absolute atomic E-state index is 11.9. The minimum atomic E-state index is -0.135. The Kier molecular flexibility index (Phi) is 3.30. The van der Waals surface area contributed by atoms with E-state index in [4.69, 9.17) is 9.84 Å². The molecule has 5 heteroatoms. The summed E-state index contributed by atoms with van der Waals surface area (Å²) in [5, 5.41) is 11.7. The fraction of sp³-hybridized carbons (Fsp3) is 0.250. The average molecular weight is 234 g/mol. The lowest BCUT2D eigenvalue weighted by Gasteiger charge is -2.03. The quantitative estimate of drug-likeness (QED) is 0.818. The summed E-state index contributed by atoms with van der Waals surface area (Å²) < 4.78 is 6.48. The maximum Gasteiger partial charge on any atom is 0.274 e. The number of aliphatic hydroxyl groups excluding tert-OH is 1. The number of nitrogens with one attached hydrogen (secondary N) is 1. The summed E-state index contributed by atoms with van der Waals surface area (Å²) in [4.78, 5) is 11.9. The number of hydrogen-bond donors (Lipinski definition) is 2. The summed E-state index contributed by atoms with van der Waals surface area (Å²) in [6, 6.07) is 7.15. The molecule has 1 aromatic heterocycles. The van der Waals surface area contributed by atoms with Gasteiger partial charge >= 0.3 is 0 Å². The molecule has 1 heterocycles. The molecule has 0 fully saturated rings. The van der Waals surface area contributed by atoms with Crippen molar-refractivity contribution in [2.75, 3.05) is 13.7 Å². The summed E-state index contributed by atoms with van der Waals surface area (Å²) in [7, 11) is 1.59. The van der Waals surface area contributed by atoms with Gasteiger partial charge in [0.15, 0.2) is 0 Å². The second-order valence-electron chi connectivity index (χ2n) is 3.61. The van der Waals surface area contributed by atoms with Crippen LogP contribution in [0.4, 0.5) is 0 Å². The number of aliphatic hydroxyl groups is 1. The molecule has 90 valence electrons. The van der Waals surface area contributed by atoms with Crippen LogP contribution in [0.25, 0.3) is 5.69 Å². The second kappa shape index (κ2) is 4.88. The highest BCUT2D eigenvalue weighted by Crippen LogP contribution is 2.13. The Labute approximate surface area is 98.3 Å². The number of rotatable bonds is 4. The van der Waals surface area contributed by atoms with Crippen molar-refractivity contribution in [3.05, 3.63) is 46.4 Å². The van der Waals surface area contributed by atoms with Gasteiger partial charge in [-0.1, -0.05) is 0 Å². The third-order valence-corrected chi connectivity index (χ3v) is 2.56. The van der Waals surface area contributed by atoms with Crippen molar-refractivity contribution < 1.29 is 9.84 Å². The largest absolute Gasteiger partial charge is 0.497 e. The Morgan fingerprint density at radius 2 is 2.06 bits per heavy atom. The van der Waals surface area contributed by atoms with Crippen molar-refractivity contribution in [3.63, 3.8) is 0 Å². The molecule has 1 aromatic carbocycles. The molecule has 0 amide bonds. The van der Waals surface area contributed by atoms with Gasteiger partial charge in [-0.2, -0.15) is 0 Å². The third-order valence-electron chi connectivity index (χ3n) is 2.56. The summed E-state index contributed by atoms with van der Waals surface area (Å²) >= 11 is 0. The van der Waals surface area contributed by atoms with Crippen LogP contribution < -0.4 is 10.3 Å². The highest BCUT2D eigenvalue weighted by Gasteiger charge is 2.06. The van der Waals surface area contributed by atoms with E-state index in [1.807, 2.05) is 0 Å². The smallest absolute Gasteiger partial charge is 0.274 e. The summed E-state index contributed by atoms with van der Waals surface area (Å²) in [5.74, 6) is 0.740. The highest BCUT2D eigenvalue weighted by molar-refractivity contribution is 5.37. The van der Waals surface area contributed by atoms with Crippen molar-refractivity contribution >= 4 is 0 Å². The Morgan fingerprint density at radius 3 is 2.65 bits per heavy atom. The van der Waals surface area contributed by atoms with Crippen LogP contribution in [0.15, 0.2) is 35.3 Å². The normalized spacial score (nSPS) is 10.5. The van der Waals surface area contributed by atoms with E-state index in [1.165, 1.54) is 4.68 Å². The Morgan fingerprint density at radius 1 is 1.35 bits per heavy atom. The van der Waals surface area contributed by atoms with E-state index in [9.17, 15) is 4.79 Å². The first-order valence-corrected chi connectivity index (χ1v) is 5.31. The van der Waals surface area contributed by atoms with Gasteiger partial charge in [0, 0.05) is 24.8 Å². The van der Waals surface area contributed by atoms with Gasteiger partial charge in [0.2, 0.25) is 0 Å². The summed E-state index contributed by atoms with van der Waals surface area (Å²) in [6.45, 7) is -0.0320. The van der Waals surface area contributed by atoms with Crippen LogP contribution >= 0.6 is 0 Å². The molecule has 0 saturated heterocycles. The Bertz CT molecular complexity index is 540. The van der Waals surface area contributed by atoms with Crippen LogP contribution in [-0.2, 0) is 6.42 Å². The summed E-state index contributed by atoms with van der Waals surface area (Å²) in [6.07, 6.45) is 1.97. The second-order valence-corrected chi connectivity index (χ2v) is 3.61. The lowest BCUT2D eigenvalue weighted by Crippen LogP contribution is -2.17. The predicted molar refractivity (Wildman–Crippen MR) is 63.7 cm³/mol. The van der Waals surface area contributed by atoms with Crippen molar-refractivity contribution in [3.8, 4) is 11.4 Å². The molecule has 2 N–H and O–H groups in total. The molecular weight excluding hydrogens is 220 g/mol. The first-order chi connectivity index (χ1) is 8.26. The van der Waals surface area contributed by atoms with E-state index in [-0.39, 0.29) is 12.2 Å². The minimum Gasteiger partial charge on any atom is -0.497 e. The zero-order chi connectivity index (χ0) is 12.3. The monoisotopic (exact) mass is 234 g/mol. The minimum absolute atomic E-state index is 0.0320. The average Bonchev–Trinajstić information content (AvgIpc) is 2.72. The molecule has 0 bridgehead atoms.